The Labute approximate surface area is 90.8 Å². The molecule has 0 spiro atoms. The molecule has 7 nitrogen and oxygen atoms in total. The number of nitrogens with one attached hydrogen (secondary N) is 1. The zero-order chi connectivity index (χ0) is 12.1. The molecule has 1 heterocycles. The summed E-state index contributed by atoms with van der Waals surface area (Å²) in [5.41, 5.74) is 0. The molecule has 0 saturated carbocycles. The minimum Gasteiger partial charge on any atom is -0.395 e. The van der Waals surface area contributed by atoms with Gasteiger partial charge in [-0.2, -0.15) is 5.26 Å². The summed E-state index contributed by atoms with van der Waals surface area (Å²) in [7, 11) is 0. The van der Waals surface area contributed by atoms with E-state index in [0.717, 1.165) is 6.07 Å². The number of hydrogen-bond donors (Lipinski definition) is 1. The van der Waals surface area contributed by atoms with Gasteiger partial charge in [-0.05, 0) is 12.5 Å². The van der Waals surface area contributed by atoms with Gasteiger partial charge >= 0.3 is 5.88 Å². The van der Waals surface area contributed by atoms with E-state index in [1.165, 1.54) is 6.07 Å². The van der Waals surface area contributed by atoms with Crippen LogP contribution < -0.4 is 5.32 Å². The topological polar surface area (TPSA) is 109 Å². The van der Waals surface area contributed by atoms with Crippen molar-refractivity contribution in [3.63, 3.8) is 0 Å². The van der Waals surface area contributed by atoms with Crippen LogP contribution in [0.25, 0.3) is 0 Å². The van der Waals surface area contributed by atoms with Crippen molar-refractivity contribution in [2.45, 2.75) is 19.4 Å². The predicted molar refractivity (Wildman–Crippen MR) is 52.5 cm³/mol. The summed E-state index contributed by atoms with van der Waals surface area (Å²) in [6.45, 7) is 1.73. The average molecular weight is 223 g/mol. The first-order chi connectivity index (χ1) is 7.58. The van der Waals surface area contributed by atoms with Gasteiger partial charge in [-0.1, -0.05) is 6.92 Å². The summed E-state index contributed by atoms with van der Waals surface area (Å²) in [4.78, 5) is 21.0. The Kier molecular flexibility index (Phi) is 3.61. The first-order valence-corrected chi connectivity index (χ1v) is 4.53. The highest BCUT2D eigenvalue weighted by atomic mass is 16.6. The van der Waals surface area contributed by atoms with Crippen LogP contribution in [-0.4, -0.2) is 16.9 Å². The van der Waals surface area contributed by atoms with Crippen molar-refractivity contribution in [3.05, 3.63) is 28.0 Å². The Bertz CT molecular complexity index is 446. The minimum absolute atomic E-state index is 0.180. The molecule has 0 radical (unpaired) electrons. The van der Waals surface area contributed by atoms with Gasteiger partial charge in [0.1, 0.15) is 11.0 Å². The third-order valence-electron chi connectivity index (χ3n) is 1.86. The smallest absolute Gasteiger partial charge is 0.395 e. The SMILES string of the molecule is CCC(C#N)NC(=O)c1ccc([N+](=O)[O-])o1. The number of amides is 1. The number of hydrogen-bond acceptors (Lipinski definition) is 5. The van der Waals surface area contributed by atoms with Crippen molar-refractivity contribution in [2.75, 3.05) is 0 Å². The minimum atomic E-state index is -0.738. The van der Waals surface area contributed by atoms with Crippen LogP contribution in [0.1, 0.15) is 23.9 Å². The van der Waals surface area contributed by atoms with Crippen molar-refractivity contribution < 1.29 is 14.1 Å². The number of nitrogens with zero attached hydrogens (tertiary/aromatic N) is 2. The van der Waals surface area contributed by atoms with E-state index in [-0.39, 0.29) is 5.76 Å². The lowest BCUT2D eigenvalue weighted by Gasteiger charge is -2.06. The van der Waals surface area contributed by atoms with E-state index in [2.05, 4.69) is 9.73 Å². The summed E-state index contributed by atoms with van der Waals surface area (Å²) < 4.78 is 4.68. The van der Waals surface area contributed by atoms with E-state index in [1.807, 2.05) is 6.07 Å². The Hall–Kier alpha value is -2.36. The lowest BCUT2D eigenvalue weighted by molar-refractivity contribution is -0.402. The van der Waals surface area contributed by atoms with Crippen LogP contribution in [-0.2, 0) is 0 Å². The van der Waals surface area contributed by atoms with E-state index >= 15 is 0 Å². The highest BCUT2D eigenvalue weighted by molar-refractivity contribution is 5.92. The van der Waals surface area contributed by atoms with Crippen LogP contribution in [0.3, 0.4) is 0 Å². The van der Waals surface area contributed by atoms with Gasteiger partial charge in [0.05, 0.1) is 12.1 Å². The molecule has 1 N–H and O–H groups in total. The molecule has 0 aliphatic carbocycles. The van der Waals surface area contributed by atoms with Gasteiger partial charge in [0.2, 0.25) is 0 Å². The first kappa shape index (κ1) is 11.7. The van der Waals surface area contributed by atoms with E-state index < -0.39 is 22.8 Å². The van der Waals surface area contributed by atoms with Crippen molar-refractivity contribution >= 4 is 11.8 Å². The molecule has 1 aromatic heterocycles. The maximum atomic E-state index is 11.4. The zero-order valence-electron chi connectivity index (χ0n) is 8.47. The average Bonchev–Trinajstić information content (AvgIpc) is 2.74. The van der Waals surface area contributed by atoms with Gasteiger partial charge < -0.3 is 9.73 Å². The molecule has 1 unspecified atom stereocenters. The fourth-order valence-corrected chi connectivity index (χ4v) is 1.00. The standard InChI is InChI=1S/C9H9N3O4/c1-2-6(5-10)11-9(13)7-3-4-8(16-7)12(14)15/h3-4,6H,2H2,1H3,(H,11,13). The number of nitro groups is 1. The summed E-state index contributed by atoms with van der Waals surface area (Å²) in [5.74, 6) is -1.32. The second kappa shape index (κ2) is 4.93. The number of rotatable bonds is 4. The third-order valence-corrected chi connectivity index (χ3v) is 1.86. The van der Waals surface area contributed by atoms with Gasteiger partial charge in [0.15, 0.2) is 5.76 Å². The third kappa shape index (κ3) is 2.57. The fraction of sp³-hybridized carbons (Fsp3) is 0.333. The molecular weight excluding hydrogens is 214 g/mol. The first-order valence-electron chi connectivity index (χ1n) is 4.53. The molecule has 1 aromatic rings. The van der Waals surface area contributed by atoms with Crippen molar-refractivity contribution in [1.82, 2.24) is 5.32 Å². The van der Waals surface area contributed by atoms with Gasteiger partial charge in [0.25, 0.3) is 5.91 Å². The molecule has 0 bridgehead atoms. The highest BCUT2D eigenvalue weighted by Crippen LogP contribution is 2.15. The molecular formula is C9H9N3O4. The van der Waals surface area contributed by atoms with Crippen molar-refractivity contribution in [3.8, 4) is 6.07 Å². The lowest BCUT2D eigenvalue weighted by atomic mass is 10.2. The fourth-order valence-electron chi connectivity index (χ4n) is 1.00. The highest BCUT2D eigenvalue weighted by Gasteiger charge is 2.18. The van der Waals surface area contributed by atoms with Crippen LogP contribution in [0.4, 0.5) is 5.88 Å². The molecule has 16 heavy (non-hydrogen) atoms. The number of carbonyl (C=O) groups excluding carboxylic acids is 1. The second-order valence-electron chi connectivity index (χ2n) is 2.96. The van der Waals surface area contributed by atoms with E-state index in [0.29, 0.717) is 6.42 Å². The van der Waals surface area contributed by atoms with Crippen LogP contribution in [0.2, 0.25) is 0 Å². The molecule has 1 amide bonds. The maximum Gasteiger partial charge on any atom is 0.433 e. The molecule has 0 aliphatic rings. The maximum absolute atomic E-state index is 11.4. The van der Waals surface area contributed by atoms with Gasteiger partial charge in [-0.25, -0.2) is 0 Å². The summed E-state index contributed by atoms with van der Waals surface area (Å²) in [6.07, 6.45) is 0.449. The molecule has 7 heteroatoms. The van der Waals surface area contributed by atoms with Crippen LogP contribution in [0.5, 0.6) is 0 Å². The van der Waals surface area contributed by atoms with Crippen LogP contribution in [0, 0.1) is 21.4 Å². The zero-order valence-corrected chi connectivity index (χ0v) is 8.47. The predicted octanol–water partition coefficient (Wildman–Crippen LogP) is 1.22. The van der Waals surface area contributed by atoms with Crippen molar-refractivity contribution in [1.29, 1.82) is 5.26 Å². The van der Waals surface area contributed by atoms with E-state index in [4.69, 9.17) is 5.26 Å². The molecule has 84 valence electrons. The van der Waals surface area contributed by atoms with Crippen LogP contribution >= 0.6 is 0 Å². The summed E-state index contributed by atoms with van der Waals surface area (Å²) >= 11 is 0. The Morgan fingerprint density at radius 3 is 2.88 bits per heavy atom. The summed E-state index contributed by atoms with van der Waals surface area (Å²) in [5, 5.41) is 21.3. The van der Waals surface area contributed by atoms with E-state index in [1.54, 1.807) is 6.92 Å². The molecule has 0 fully saturated rings. The Balaban J connectivity index is 2.74. The normalized spacial score (nSPS) is 11.5. The number of nitriles is 1. The lowest BCUT2D eigenvalue weighted by Crippen LogP contribution is -2.32. The van der Waals surface area contributed by atoms with Gasteiger partial charge in [0, 0.05) is 0 Å². The number of furan rings is 1. The molecule has 0 saturated heterocycles. The second-order valence-corrected chi connectivity index (χ2v) is 2.96. The van der Waals surface area contributed by atoms with Crippen molar-refractivity contribution in [2.24, 2.45) is 0 Å². The monoisotopic (exact) mass is 223 g/mol. The molecule has 1 rings (SSSR count). The summed E-state index contributed by atoms with van der Waals surface area (Å²) in [6, 6.07) is 3.52. The Morgan fingerprint density at radius 1 is 1.75 bits per heavy atom. The molecule has 1 atom stereocenters. The number of carbonyl (C=O) groups is 1. The van der Waals surface area contributed by atoms with Crippen LogP contribution in [0.15, 0.2) is 16.5 Å². The largest absolute Gasteiger partial charge is 0.433 e. The van der Waals surface area contributed by atoms with Gasteiger partial charge in [-0.15, -0.1) is 0 Å². The molecule has 0 aromatic carbocycles. The van der Waals surface area contributed by atoms with Gasteiger partial charge in [-0.3, -0.25) is 14.9 Å². The quantitative estimate of drug-likeness (QED) is 0.609. The van der Waals surface area contributed by atoms with E-state index in [9.17, 15) is 14.9 Å². The molecule has 0 aliphatic heterocycles. The Morgan fingerprint density at radius 2 is 2.44 bits per heavy atom.